The minimum atomic E-state index is -0.653. The SMILES string of the molecule is CN1CC2CC1(C(=O)ON1C(=O)c3ccccc3C1=O)C2. The molecule has 1 aromatic rings. The van der Waals surface area contributed by atoms with Crippen LogP contribution in [0, 0.1) is 5.92 Å². The maximum Gasteiger partial charge on any atom is 0.353 e. The van der Waals surface area contributed by atoms with Crippen molar-refractivity contribution in [1.82, 2.24) is 9.96 Å². The normalized spacial score (nSPS) is 30.3. The molecule has 2 bridgehead atoms. The van der Waals surface area contributed by atoms with E-state index in [1.54, 1.807) is 24.3 Å². The van der Waals surface area contributed by atoms with Gasteiger partial charge in [-0.3, -0.25) is 14.5 Å². The second-order valence-corrected chi connectivity index (χ2v) is 6.02. The molecular formula is C15H14N2O4. The van der Waals surface area contributed by atoms with Crippen molar-refractivity contribution in [2.45, 2.75) is 18.4 Å². The zero-order chi connectivity index (χ0) is 14.8. The molecule has 0 aromatic heterocycles. The molecule has 21 heavy (non-hydrogen) atoms. The molecule has 1 saturated carbocycles. The summed E-state index contributed by atoms with van der Waals surface area (Å²) in [5, 5.41) is 0.598. The molecule has 3 aliphatic heterocycles. The van der Waals surface area contributed by atoms with Gasteiger partial charge in [0.2, 0.25) is 0 Å². The van der Waals surface area contributed by atoms with Gasteiger partial charge in [-0.2, -0.15) is 0 Å². The average molecular weight is 286 g/mol. The lowest BCUT2D eigenvalue weighted by atomic mass is 9.73. The molecule has 0 unspecified atom stereocenters. The standard InChI is InChI=1S/C15H14N2O4/c1-16-8-9-6-15(16,7-9)14(20)21-17-12(18)10-4-2-3-5-11(10)13(17)19/h2-5,9H,6-8H2,1H3. The predicted molar refractivity (Wildman–Crippen MR) is 71.1 cm³/mol. The molecule has 0 N–H and O–H groups in total. The van der Waals surface area contributed by atoms with Crippen molar-refractivity contribution in [2.24, 2.45) is 5.92 Å². The molecule has 2 saturated heterocycles. The van der Waals surface area contributed by atoms with Gasteiger partial charge in [0.25, 0.3) is 11.8 Å². The highest BCUT2D eigenvalue weighted by Gasteiger charge is 2.61. The van der Waals surface area contributed by atoms with Gasteiger partial charge in [-0.15, -0.1) is 0 Å². The van der Waals surface area contributed by atoms with Crippen LogP contribution < -0.4 is 0 Å². The number of amides is 2. The first-order valence-corrected chi connectivity index (χ1v) is 6.94. The van der Waals surface area contributed by atoms with Gasteiger partial charge in [0.15, 0.2) is 0 Å². The van der Waals surface area contributed by atoms with Gasteiger partial charge in [0, 0.05) is 6.54 Å². The Morgan fingerprint density at radius 1 is 1.19 bits per heavy atom. The number of hydroxylamine groups is 2. The molecule has 5 rings (SSSR count). The Labute approximate surface area is 121 Å². The topological polar surface area (TPSA) is 66.9 Å². The lowest BCUT2D eigenvalue weighted by molar-refractivity contribution is -0.184. The van der Waals surface area contributed by atoms with E-state index in [1.807, 2.05) is 11.9 Å². The van der Waals surface area contributed by atoms with E-state index in [2.05, 4.69) is 0 Å². The molecular weight excluding hydrogens is 272 g/mol. The molecule has 108 valence electrons. The summed E-state index contributed by atoms with van der Waals surface area (Å²) >= 11 is 0. The second-order valence-electron chi connectivity index (χ2n) is 6.02. The maximum atomic E-state index is 12.4. The van der Waals surface area contributed by atoms with Crippen LogP contribution in [0.15, 0.2) is 24.3 Å². The summed E-state index contributed by atoms with van der Waals surface area (Å²) in [7, 11) is 1.87. The van der Waals surface area contributed by atoms with Gasteiger partial charge in [-0.25, -0.2) is 4.79 Å². The van der Waals surface area contributed by atoms with Crippen LogP contribution in [0.2, 0.25) is 0 Å². The van der Waals surface area contributed by atoms with E-state index in [4.69, 9.17) is 4.84 Å². The smallest absolute Gasteiger partial charge is 0.328 e. The highest BCUT2D eigenvalue weighted by atomic mass is 16.7. The Morgan fingerprint density at radius 3 is 2.24 bits per heavy atom. The zero-order valence-corrected chi connectivity index (χ0v) is 11.5. The summed E-state index contributed by atoms with van der Waals surface area (Å²) in [6.07, 6.45) is 1.48. The summed E-state index contributed by atoms with van der Waals surface area (Å²) in [6.45, 7) is 0.858. The monoisotopic (exact) mass is 286 g/mol. The van der Waals surface area contributed by atoms with Gasteiger partial charge in [-0.05, 0) is 37.9 Å². The van der Waals surface area contributed by atoms with Crippen LogP contribution in [0.3, 0.4) is 0 Å². The summed E-state index contributed by atoms with van der Waals surface area (Å²) < 4.78 is 0. The third kappa shape index (κ3) is 1.48. The quantitative estimate of drug-likeness (QED) is 0.754. The molecule has 3 heterocycles. The van der Waals surface area contributed by atoms with Gasteiger partial charge in [-0.1, -0.05) is 17.2 Å². The number of likely N-dealkylation sites (N-methyl/N-ethyl adjacent to an activating group) is 1. The fourth-order valence-electron chi connectivity index (χ4n) is 3.64. The number of imide groups is 1. The molecule has 0 spiro atoms. The van der Waals surface area contributed by atoms with Crippen molar-refractivity contribution in [1.29, 1.82) is 0 Å². The van der Waals surface area contributed by atoms with E-state index >= 15 is 0 Å². The lowest BCUT2D eigenvalue weighted by Crippen LogP contribution is -2.54. The number of nitrogens with zero attached hydrogens (tertiary/aromatic N) is 2. The lowest BCUT2D eigenvalue weighted by Gasteiger charge is -2.38. The summed E-state index contributed by atoms with van der Waals surface area (Å²) in [6, 6.07) is 6.47. The summed E-state index contributed by atoms with van der Waals surface area (Å²) in [5.41, 5.74) is -0.0990. The van der Waals surface area contributed by atoms with Crippen molar-refractivity contribution < 1.29 is 19.2 Å². The van der Waals surface area contributed by atoms with E-state index in [0.717, 1.165) is 19.4 Å². The Hall–Kier alpha value is -2.21. The predicted octanol–water partition coefficient (Wildman–Crippen LogP) is 0.835. The summed E-state index contributed by atoms with van der Waals surface area (Å²) in [4.78, 5) is 43.9. The van der Waals surface area contributed by atoms with Crippen LogP contribution in [-0.2, 0) is 9.63 Å². The molecule has 3 fully saturated rings. The molecule has 4 aliphatic rings. The number of rotatable bonds is 2. The van der Waals surface area contributed by atoms with Crippen LogP contribution in [0.25, 0.3) is 0 Å². The first-order chi connectivity index (χ1) is 10.0. The Bertz CT molecular complexity index is 643. The molecule has 1 aliphatic carbocycles. The highest BCUT2D eigenvalue weighted by Crippen LogP contribution is 2.50. The first-order valence-electron chi connectivity index (χ1n) is 6.94. The third-order valence-corrected chi connectivity index (χ3v) is 4.83. The zero-order valence-electron chi connectivity index (χ0n) is 11.5. The Morgan fingerprint density at radius 2 is 1.76 bits per heavy atom. The minimum Gasteiger partial charge on any atom is -0.328 e. The molecule has 1 aromatic carbocycles. The number of hydrogen-bond donors (Lipinski definition) is 0. The molecule has 0 radical (unpaired) electrons. The van der Waals surface area contributed by atoms with Crippen LogP contribution >= 0.6 is 0 Å². The Balaban J connectivity index is 1.58. The first kappa shape index (κ1) is 12.5. The van der Waals surface area contributed by atoms with Crippen molar-refractivity contribution in [3.05, 3.63) is 35.4 Å². The van der Waals surface area contributed by atoms with E-state index in [9.17, 15) is 14.4 Å². The molecule has 6 nitrogen and oxygen atoms in total. The fourth-order valence-corrected chi connectivity index (χ4v) is 3.64. The van der Waals surface area contributed by atoms with E-state index in [1.165, 1.54) is 0 Å². The van der Waals surface area contributed by atoms with Crippen molar-refractivity contribution in [3.8, 4) is 0 Å². The largest absolute Gasteiger partial charge is 0.353 e. The van der Waals surface area contributed by atoms with Crippen molar-refractivity contribution in [2.75, 3.05) is 13.6 Å². The Kier molecular flexibility index (Phi) is 2.34. The number of carbonyl (C=O) groups excluding carboxylic acids is 3. The maximum absolute atomic E-state index is 12.4. The number of carbonyl (C=O) groups is 3. The van der Waals surface area contributed by atoms with E-state index in [0.29, 0.717) is 11.0 Å². The molecule has 0 atom stereocenters. The van der Waals surface area contributed by atoms with Crippen LogP contribution in [-0.4, -0.2) is 46.9 Å². The molecule has 6 heteroatoms. The van der Waals surface area contributed by atoms with Gasteiger partial charge in [0.1, 0.15) is 5.54 Å². The molecule has 2 amide bonds. The van der Waals surface area contributed by atoms with Crippen molar-refractivity contribution >= 4 is 17.8 Å². The van der Waals surface area contributed by atoms with Crippen LogP contribution in [0.4, 0.5) is 0 Å². The van der Waals surface area contributed by atoms with E-state index in [-0.39, 0.29) is 11.1 Å². The van der Waals surface area contributed by atoms with E-state index < -0.39 is 23.3 Å². The van der Waals surface area contributed by atoms with Gasteiger partial charge < -0.3 is 4.84 Å². The highest BCUT2D eigenvalue weighted by molar-refractivity contribution is 6.21. The van der Waals surface area contributed by atoms with Crippen LogP contribution in [0.5, 0.6) is 0 Å². The number of benzene rings is 1. The number of fused-ring (bicyclic) bond motifs is 2. The van der Waals surface area contributed by atoms with Crippen molar-refractivity contribution in [3.63, 3.8) is 0 Å². The van der Waals surface area contributed by atoms with Gasteiger partial charge in [0.05, 0.1) is 11.1 Å². The van der Waals surface area contributed by atoms with Crippen LogP contribution in [0.1, 0.15) is 33.6 Å². The van der Waals surface area contributed by atoms with Gasteiger partial charge >= 0.3 is 5.97 Å². The minimum absolute atomic E-state index is 0.277. The third-order valence-electron chi connectivity index (χ3n) is 4.83. The fraction of sp³-hybridized carbons (Fsp3) is 0.400. The number of hydrogen-bond acceptors (Lipinski definition) is 5. The summed E-state index contributed by atoms with van der Waals surface area (Å²) in [5.74, 6) is -1.13. The second kappa shape index (κ2) is 3.92. The average Bonchev–Trinajstić information content (AvgIpc) is 3.02.